The molecule has 1 aliphatic rings. The van der Waals surface area contributed by atoms with Crippen molar-refractivity contribution in [2.24, 2.45) is 0 Å². The molecular formula is C14H16BrN5O. The molecule has 1 amide bonds. The predicted octanol–water partition coefficient (Wildman–Crippen LogP) is 1.43. The number of halogens is 1. The third kappa shape index (κ3) is 2.98. The fraction of sp³-hybridized carbons (Fsp3) is 0.357. The van der Waals surface area contributed by atoms with E-state index in [1.807, 2.05) is 31.2 Å². The van der Waals surface area contributed by atoms with E-state index < -0.39 is 0 Å². The molecule has 2 aromatic rings. The summed E-state index contributed by atoms with van der Waals surface area (Å²) in [5.74, 6) is -0.164. The molecule has 3 rings (SSSR count). The van der Waals surface area contributed by atoms with Gasteiger partial charge in [-0.15, -0.1) is 5.10 Å². The molecule has 0 radical (unpaired) electrons. The minimum absolute atomic E-state index is 0.164. The summed E-state index contributed by atoms with van der Waals surface area (Å²) in [7, 11) is 0. The van der Waals surface area contributed by atoms with Gasteiger partial charge in [0.1, 0.15) is 0 Å². The number of carbonyl (C=O) groups excluding carboxylic acids is 1. The topological polar surface area (TPSA) is 71.8 Å². The van der Waals surface area contributed by atoms with E-state index in [9.17, 15) is 4.79 Å². The second-order valence-corrected chi connectivity index (χ2v) is 5.99. The number of nitrogens with zero attached hydrogens (tertiary/aromatic N) is 3. The van der Waals surface area contributed by atoms with Gasteiger partial charge in [-0.3, -0.25) is 4.79 Å². The molecule has 0 aliphatic carbocycles. The van der Waals surface area contributed by atoms with Gasteiger partial charge in [0.2, 0.25) is 0 Å². The zero-order valence-corrected chi connectivity index (χ0v) is 13.2. The van der Waals surface area contributed by atoms with E-state index in [1.54, 1.807) is 4.68 Å². The fourth-order valence-corrected chi connectivity index (χ4v) is 2.81. The quantitative estimate of drug-likeness (QED) is 0.879. The first-order chi connectivity index (χ1) is 10.1. The SMILES string of the molecule is Cc1c(C(=O)NC2CCNC2)nnn1-c1cccc(Br)c1. The third-order valence-corrected chi connectivity index (χ3v) is 4.05. The van der Waals surface area contributed by atoms with E-state index in [2.05, 4.69) is 36.9 Å². The Bertz CT molecular complexity index is 663. The minimum atomic E-state index is -0.164. The van der Waals surface area contributed by atoms with E-state index in [1.165, 1.54) is 0 Å². The van der Waals surface area contributed by atoms with Crippen molar-refractivity contribution < 1.29 is 4.79 Å². The molecule has 1 unspecified atom stereocenters. The highest BCUT2D eigenvalue weighted by Crippen LogP contribution is 2.17. The van der Waals surface area contributed by atoms with Crippen LogP contribution in [0.25, 0.3) is 5.69 Å². The second-order valence-electron chi connectivity index (χ2n) is 5.08. The molecule has 2 heterocycles. The van der Waals surface area contributed by atoms with Crippen LogP contribution in [0.2, 0.25) is 0 Å². The van der Waals surface area contributed by atoms with Gasteiger partial charge in [-0.1, -0.05) is 27.2 Å². The largest absolute Gasteiger partial charge is 0.347 e. The maximum absolute atomic E-state index is 12.3. The van der Waals surface area contributed by atoms with Gasteiger partial charge < -0.3 is 10.6 Å². The van der Waals surface area contributed by atoms with E-state index >= 15 is 0 Å². The van der Waals surface area contributed by atoms with Crippen molar-refractivity contribution in [2.75, 3.05) is 13.1 Å². The smallest absolute Gasteiger partial charge is 0.274 e. The molecular weight excluding hydrogens is 334 g/mol. The monoisotopic (exact) mass is 349 g/mol. The summed E-state index contributed by atoms with van der Waals surface area (Å²) < 4.78 is 2.63. The maximum atomic E-state index is 12.3. The molecule has 0 bridgehead atoms. The number of amides is 1. The fourth-order valence-electron chi connectivity index (χ4n) is 2.42. The summed E-state index contributed by atoms with van der Waals surface area (Å²) in [6.07, 6.45) is 0.949. The number of benzene rings is 1. The molecule has 1 aliphatic heterocycles. The van der Waals surface area contributed by atoms with E-state index in [-0.39, 0.29) is 11.9 Å². The van der Waals surface area contributed by atoms with Crippen LogP contribution in [0.4, 0.5) is 0 Å². The summed E-state index contributed by atoms with van der Waals surface area (Å²) in [6, 6.07) is 7.90. The molecule has 1 aromatic heterocycles. The van der Waals surface area contributed by atoms with Gasteiger partial charge in [-0.25, -0.2) is 4.68 Å². The lowest BCUT2D eigenvalue weighted by Crippen LogP contribution is -2.36. The van der Waals surface area contributed by atoms with Crippen LogP contribution in [0.5, 0.6) is 0 Å². The Morgan fingerprint density at radius 3 is 3.10 bits per heavy atom. The Hall–Kier alpha value is -1.73. The Balaban J connectivity index is 1.83. The van der Waals surface area contributed by atoms with E-state index in [0.29, 0.717) is 5.69 Å². The summed E-state index contributed by atoms with van der Waals surface area (Å²) in [5.41, 5.74) is 1.98. The van der Waals surface area contributed by atoms with Gasteiger partial charge in [0.15, 0.2) is 5.69 Å². The molecule has 1 aromatic carbocycles. The van der Waals surface area contributed by atoms with Crippen molar-refractivity contribution in [3.63, 3.8) is 0 Å². The lowest BCUT2D eigenvalue weighted by atomic mass is 10.2. The number of nitrogens with one attached hydrogen (secondary N) is 2. The van der Waals surface area contributed by atoms with E-state index in [4.69, 9.17) is 0 Å². The average molecular weight is 350 g/mol. The maximum Gasteiger partial charge on any atom is 0.274 e. The molecule has 1 atom stereocenters. The molecule has 1 fully saturated rings. The van der Waals surface area contributed by atoms with Gasteiger partial charge in [0.05, 0.1) is 11.4 Å². The van der Waals surface area contributed by atoms with Crippen LogP contribution in [-0.4, -0.2) is 40.0 Å². The minimum Gasteiger partial charge on any atom is -0.347 e. The number of hydrogen-bond acceptors (Lipinski definition) is 4. The molecule has 7 heteroatoms. The second kappa shape index (κ2) is 5.95. The van der Waals surface area contributed by atoms with Crippen molar-refractivity contribution in [2.45, 2.75) is 19.4 Å². The van der Waals surface area contributed by atoms with Crippen LogP contribution in [0.15, 0.2) is 28.7 Å². The average Bonchev–Trinajstić information content (AvgIpc) is 3.08. The third-order valence-electron chi connectivity index (χ3n) is 3.56. The molecule has 0 spiro atoms. The Labute approximate surface area is 131 Å². The lowest BCUT2D eigenvalue weighted by molar-refractivity contribution is 0.0934. The molecule has 110 valence electrons. The highest BCUT2D eigenvalue weighted by Gasteiger charge is 2.22. The molecule has 6 nitrogen and oxygen atoms in total. The first-order valence-corrected chi connectivity index (χ1v) is 7.64. The van der Waals surface area contributed by atoms with Gasteiger partial charge in [0.25, 0.3) is 5.91 Å². The Morgan fingerprint density at radius 1 is 1.52 bits per heavy atom. The lowest BCUT2D eigenvalue weighted by Gasteiger charge is -2.10. The van der Waals surface area contributed by atoms with Crippen LogP contribution in [-0.2, 0) is 0 Å². The first-order valence-electron chi connectivity index (χ1n) is 6.85. The van der Waals surface area contributed by atoms with Crippen LogP contribution in [0, 0.1) is 6.92 Å². The standard InChI is InChI=1S/C14H16BrN5O/c1-9-13(14(21)17-11-5-6-16-8-11)18-19-20(9)12-4-2-3-10(15)7-12/h2-4,7,11,16H,5-6,8H2,1H3,(H,17,21). The predicted molar refractivity (Wildman–Crippen MR) is 82.5 cm³/mol. The summed E-state index contributed by atoms with van der Waals surface area (Å²) in [6.45, 7) is 3.60. The zero-order chi connectivity index (χ0) is 14.8. The highest BCUT2D eigenvalue weighted by molar-refractivity contribution is 9.10. The van der Waals surface area contributed by atoms with Gasteiger partial charge >= 0.3 is 0 Å². The summed E-state index contributed by atoms with van der Waals surface area (Å²) in [5, 5.41) is 14.3. The number of rotatable bonds is 3. The highest BCUT2D eigenvalue weighted by atomic mass is 79.9. The van der Waals surface area contributed by atoms with Crippen LogP contribution >= 0.6 is 15.9 Å². The van der Waals surface area contributed by atoms with Crippen LogP contribution in [0.1, 0.15) is 22.6 Å². The summed E-state index contributed by atoms with van der Waals surface area (Å²) in [4.78, 5) is 12.3. The number of hydrogen-bond donors (Lipinski definition) is 2. The Morgan fingerprint density at radius 2 is 2.38 bits per heavy atom. The van der Waals surface area contributed by atoms with Crippen molar-refractivity contribution in [3.05, 3.63) is 40.1 Å². The molecule has 1 saturated heterocycles. The normalized spacial score (nSPS) is 17.9. The number of aromatic nitrogens is 3. The zero-order valence-electron chi connectivity index (χ0n) is 11.6. The van der Waals surface area contributed by atoms with Crippen molar-refractivity contribution in [1.82, 2.24) is 25.6 Å². The van der Waals surface area contributed by atoms with Crippen molar-refractivity contribution >= 4 is 21.8 Å². The van der Waals surface area contributed by atoms with Crippen LogP contribution < -0.4 is 10.6 Å². The van der Waals surface area contributed by atoms with Crippen molar-refractivity contribution in [3.8, 4) is 5.69 Å². The van der Waals surface area contributed by atoms with Crippen LogP contribution in [0.3, 0.4) is 0 Å². The summed E-state index contributed by atoms with van der Waals surface area (Å²) >= 11 is 3.43. The van der Waals surface area contributed by atoms with Gasteiger partial charge in [-0.2, -0.15) is 0 Å². The van der Waals surface area contributed by atoms with Gasteiger partial charge in [-0.05, 0) is 38.1 Å². The Kier molecular flexibility index (Phi) is 4.03. The molecule has 2 N–H and O–H groups in total. The van der Waals surface area contributed by atoms with Crippen molar-refractivity contribution in [1.29, 1.82) is 0 Å². The number of carbonyl (C=O) groups is 1. The van der Waals surface area contributed by atoms with E-state index in [0.717, 1.165) is 35.4 Å². The first kappa shape index (κ1) is 14.2. The molecule has 21 heavy (non-hydrogen) atoms. The molecule has 0 saturated carbocycles. The van der Waals surface area contributed by atoms with Gasteiger partial charge in [0, 0.05) is 17.1 Å².